The molecule has 4 nitrogen and oxygen atoms in total. The minimum absolute atomic E-state index is 0.860. The zero-order valence-corrected chi connectivity index (χ0v) is 13.3. The fraction of sp³-hybridized carbons (Fsp3) is 0.400. The molecule has 3 rings (SSSR count). The van der Waals surface area contributed by atoms with Gasteiger partial charge < -0.3 is 10.1 Å². The van der Waals surface area contributed by atoms with Crippen molar-refractivity contribution in [2.24, 2.45) is 7.05 Å². The van der Waals surface area contributed by atoms with Gasteiger partial charge in [-0.2, -0.15) is 5.10 Å². The summed E-state index contributed by atoms with van der Waals surface area (Å²) in [5.41, 5.74) is 3.36. The van der Waals surface area contributed by atoms with Crippen LogP contribution in [0.4, 0.5) is 5.82 Å². The second-order valence-electron chi connectivity index (χ2n) is 5.03. The summed E-state index contributed by atoms with van der Waals surface area (Å²) in [5, 5.41) is 8.19. The first-order chi connectivity index (χ1) is 9.70. The number of nitrogens with one attached hydrogen (secondary N) is 1. The van der Waals surface area contributed by atoms with Gasteiger partial charge in [-0.1, -0.05) is 15.9 Å². The van der Waals surface area contributed by atoms with Crippen LogP contribution < -0.4 is 10.1 Å². The summed E-state index contributed by atoms with van der Waals surface area (Å²) >= 11 is 3.54. The first-order valence-corrected chi connectivity index (χ1v) is 7.63. The molecule has 0 atom stereocenters. The molecule has 0 saturated heterocycles. The molecule has 0 amide bonds. The summed E-state index contributed by atoms with van der Waals surface area (Å²) < 4.78 is 8.47. The van der Waals surface area contributed by atoms with E-state index >= 15 is 0 Å². The van der Waals surface area contributed by atoms with Crippen molar-refractivity contribution in [3.8, 4) is 17.0 Å². The minimum Gasteiger partial charge on any atom is -0.496 e. The Morgan fingerprint density at radius 2 is 2.20 bits per heavy atom. The highest BCUT2D eigenvalue weighted by atomic mass is 79.9. The zero-order chi connectivity index (χ0) is 14.1. The van der Waals surface area contributed by atoms with Gasteiger partial charge in [0.25, 0.3) is 0 Å². The average molecular weight is 336 g/mol. The summed E-state index contributed by atoms with van der Waals surface area (Å²) in [6, 6.07) is 6.04. The number of fused-ring (bicyclic) bond motifs is 1. The van der Waals surface area contributed by atoms with E-state index in [-0.39, 0.29) is 0 Å². The highest BCUT2D eigenvalue weighted by molar-refractivity contribution is 9.10. The SMILES string of the molecule is COc1ccc(Br)cc1-c1nn(C)c2c1CCCCN2. The van der Waals surface area contributed by atoms with Gasteiger partial charge in [-0.15, -0.1) is 0 Å². The number of methoxy groups -OCH3 is 1. The minimum atomic E-state index is 0.860. The molecule has 0 radical (unpaired) electrons. The molecule has 2 aromatic rings. The molecule has 106 valence electrons. The monoisotopic (exact) mass is 335 g/mol. The summed E-state index contributed by atoms with van der Waals surface area (Å²) in [5.74, 6) is 2.00. The van der Waals surface area contributed by atoms with Gasteiger partial charge in [-0.05, 0) is 37.5 Å². The van der Waals surface area contributed by atoms with E-state index in [1.165, 1.54) is 18.4 Å². The van der Waals surface area contributed by atoms with Crippen LogP contribution in [-0.4, -0.2) is 23.4 Å². The highest BCUT2D eigenvalue weighted by Crippen LogP contribution is 2.37. The maximum atomic E-state index is 5.50. The first-order valence-electron chi connectivity index (χ1n) is 6.84. The fourth-order valence-electron chi connectivity index (χ4n) is 2.74. The number of halogens is 1. The smallest absolute Gasteiger partial charge is 0.128 e. The molecule has 0 unspecified atom stereocenters. The van der Waals surface area contributed by atoms with Crippen LogP contribution in [0, 0.1) is 0 Å². The lowest BCUT2D eigenvalue weighted by molar-refractivity contribution is 0.416. The van der Waals surface area contributed by atoms with E-state index in [9.17, 15) is 0 Å². The van der Waals surface area contributed by atoms with Crippen LogP contribution in [0.5, 0.6) is 5.75 Å². The predicted octanol–water partition coefficient (Wildman–Crippen LogP) is 3.61. The van der Waals surface area contributed by atoms with Crippen LogP contribution >= 0.6 is 15.9 Å². The lowest BCUT2D eigenvalue weighted by atomic mass is 10.0. The van der Waals surface area contributed by atoms with E-state index in [2.05, 4.69) is 27.3 Å². The Balaban J connectivity index is 2.18. The second-order valence-corrected chi connectivity index (χ2v) is 5.94. The number of aromatic nitrogens is 2. The molecular weight excluding hydrogens is 318 g/mol. The van der Waals surface area contributed by atoms with Gasteiger partial charge in [0.2, 0.25) is 0 Å². The van der Waals surface area contributed by atoms with Gasteiger partial charge in [0.1, 0.15) is 17.3 Å². The van der Waals surface area contributed by atoms with Crippen molar-refractivity contribution in [2.45, 2.75) is 19.3 Å². The summed E-state index contributed by atoms with van der Waals surface area (Å²) in [7, 11) is 3.69. The number of rotatable bonds is 2. The third-order valence-corrected chi connectivity index (χ3v) is 4.20. The Morgan fingerprint density at radius 1 is 1.35 bits per heavy atom. The predicted molar refractivity (Wildman–Crippen MR) is 84.3 cm³/mol. The van der Waals surface area contributed by atoms with Crippen LogP contribution in [0.1, 0.15) is 18.4 Å². The topological polar surface area (TPSA) is 39.1 Å². The molecular formula is C15H18BrN3O. The van der Waals surface area contributed by atoms with E-state index in [0.29, 0.717) is 0 Å². The molecule has 0 aliphatic carbocycles. The Labute approximate surface area is 127 Å². The summed E-state index contributed by atoms with van der Waals surface area (Å²) in [6.45, 7) is 1.02. The van der Waals surface area contributed by atoms with Crippen LogP contribution in [0.2, 0.25) is 0 Å². The van der Waals surface area contributed by atoms with E-state index in [0.717, 1.165) is 40.3 Å². The quantitative estimate of drug-likeness (QED) is 0.911. The van der Waals surface area contributed by atoms with E-state index < -0.39 is 0 Å². The number of benzene rings is 1. The van der Waals surface area contributed by atoms with E-state index in [1.807, 2.05) is 23.9 Å². The number of anilines is 1. The first kappa shape index (κ1) is 13.5. The zero-order valence-electron chi connectivity index (χ0n) is 11.7. The molecule has 0 saturated carbocycles. The molecule has 0 bridgehead atoms. The van der Waals surface area contributed by atoms with Crippen molar-refractivity contribution in [3.05, 3.63) is 28.2 Å². The Morgan fingerprint density at radius 3 is 3.00 bits per heavy atom. The van der Waals surface area contributed by atoms with Crippen LogP contribution in [0.15, 0.2) is 22.7 Å². The molecule has 5 heteroatoms. The highest BCUT2D eigenvalue weighted by Gasteiger charge is 2.21. The Kier molecular flexibility index (Phi) is 3.70. The van der Waals surface area contributed by atoms with Gasteiger partial charge in [-0.25, -0.2) is 0 Å². The van der Waals surface area contributed by atoms with Gasteiger partial charge in [0.05, 0.1) is 7.11 Å². The third-order valence-electron chi connectivity index (χ3n) is 3.71. The van der Waals surface area contributed by atoms with Crippen molar-refractivity contribution in [2.75, 3.05) is 19.0 Å². The normalized spacial score (nSPS) is 14.3. The molecule has 1 aromatic carbocycles. The molecule has 1 aromatic heterocycles. The summed E-state index contributed by atoms with van der Waals surface area (Å²) in [4.78, 5) is 0. The lowest BCUT2D eigenvalue weighted by Crippen LogP contribution is -2.04. The molecule has 20 heavy (non-hydrogen) atoms. The van der Waals surface area contributed by atoms with E-state index in [4.69, 9.17) is 9.84 Å². The van der Waals surface area contributed by atoms with Crippen molar-refractivity contribution < 1.29 is 4.74 Å². The fourth-order valence-corrected chi connectivity index (χ4v) is 3.10. The van der Waals surface area contributed by atoms with Crippen molar-refractivity contribution >= 4 is 21.7 Å². The molecule has 0 fully saturated rings. The number of nitrogens with zero attached hydrogens (tertiary/aromatic N) is 2. The molecule has 0 spiro atoms. The molecule has 1 aliphatic heterocycles. The molecule has 1 aliphatic rings. The van der Waals surface area contributed by atoms with Gasteiger partial charge >= 0.3 is 0 Å². The van der Waals surface area contributed by atoms with Crippen molar-refractivity contribution in [1.29, 1.82) is 0 Å². The Bertz CT molecular complexity index is 636. The lowest BCUT2D eigenvalue weighted by Gasteiger charge is -2.08. The standard InChI is InChI=1S/C15H18BrN3O/c1-19-15-11(5-3-4-8-17-15)14(18-19)12-9-10(16)6-7-13(12)20-2/h6-7,9,17H,3-5,8H2,1-2H3. The number of aryl methyl sites for hydroxylation is 1. The van der Waals surface area contributed by atoms with Crippen LogP contribution in [0.25, 0.3) is 11.3 Å². The third kappa shape index (κ3) is 2.30. The summed E-state index contributed by atoms with van der Waals surface area (Å²) in [6.07, 6.45) is 3.44. The maximum Gasteiger partial charge on any atom is 0.128 e. The van der Waals surface area contributed by atoms with Crippen LogP contribution in [0.3, 0.4) is 0 Å². The van der Waals surface area contributed by atoms with Crippen molar-refractivity contribution in [3.63, 3.8) is 0 Å². The number of hydrogen-bond donors (Lipinski definition) is 1. The van der Waals surface area contributed by atoms with E-state index in [1.54, 1.807) is 7.11 Å². The van der Waals surface area contributed by atoms with Gasteiger partial charge in [-0.3, -0.25) is 4.68 Å². The number of ether oxygens (including phenoxy) is 1. The average Bonchev–Trinajstić information content (AvgIpc) is 2.64. The largest absolute Gasteiger partial charge is 0.496 e. The number of hydrogen-bond acceptors (Lipinski definition) is 3. The van der Waals surface area contributed by atoms with Gasteiger partial charge in [0, 0.05) is 29.2 Å². The van der Waals surface area contributed by atoms with Crippen LogP contribution in [-0.2, 0) is 13.5 Å². The molecule has 1 N–H and O–H groups in total. The maximum absolute atomic E-state index is 5.50. The molecule has 2 heterocycles. The van der Waals surface area contributed by atoms with Crippen molar-refractivity contribution in [1.82, 2.24) is 9.78 Å². The van der Waals surface area contributed by atoms with Gasteiger partial charge in [0.15, 0.2) is 0 Å². The second kappa shape index (κ2) is 5.48. The Hall–Kier alpha value is -1.49.